The zero-order chi connectivity index (χ0) is 10.7. The van der Waals surface area contributed by atoms with Crippen LogP contribution in [0.1, 0.15) is 12.8 Å². The largest absolute Gasteiger partial charge is 0.356 e. The Hall–Kier alpha value is -0.430. The van der Waals surface area contributed by atoms with E-state index in [0.717, 1.165) is 29.0 Å². The van der Waals surface area contributed by atoms with Crippen LogP contribution in [0, 0.1) is 9.49 Å². The molecule has 15 heavy (non-hydrogen) atoms. The van der Waals surface area contributed by atoms with Crippen LogP contribution in [0.3, 0.4) is 0 Å². The number of nitrogens with two attached hydrogens (primary N) is 1. The summed E-state index contributed by atoms with van der Waals surface area (Å²) in [6.45, 7) is 2.94. The van der Waals surface area contributed by atoms with Crippen molar-refractivity contribution in [2.45, 2.75) is 12.8 Å². The Kier molecular flexibility index (Phi) is 3.74. The summed E-state index contributed by atoms with van der Waals surface area (Å²) in [6.07, 6.45) is 5.83. The molecule has 1 aliphatic rings. The molecule has 1 aliphatic heterocycles. The summed E-state index contributed by atoms with van der Waals surface area (Å²) in [6, 6.07) is 0. The number of hydrogen-bond donors (Lipinski definition) is 1. The van der Waals surface area contributed by atoms with E-state index in [1.54, 1.807) is 6.33 Å². The lowest BCUT2D eigenvalue weighted by Crippen LogP contribution is -2.37. The maximum absolute atomic E-state index is 5.67. The van der Waals surface area contributed by atoms with Crippen LogP contribution in [0.5, 0.6) is 0 Å². The molecule has 0 amide bonds. The molecular formula is C10H15IN4. The first-order valence-electron chi connectivity index (χ1n) is 5.21. The van der Waals surface area contributed by atoms with Crippen molar-refractivity contribution in [1.82, 2.24) is 9.97 Å². The van der Waals surface area contributed by atoms with Gasteiger partial charge in [-0.25, -0.2) is 9.97 Å². The van der Waals surface area contributed by atoms with Crippen molar-refractivity contribution in [2.75, 3.05) is 24.5 Å². The predicted octanol–water partition coefficient (Wildman–Crippen LogP) is 1.26. The van der Waals surface area contributed by atoms with E-state index >= 15 is 0 Å². The molecule has 0 aliphatic carbocycles. The quantitative estimate of drug-likeness (QED) is 0.834. The van der Waals surface area contributed by atoms with Crippen molar-refractivity contribution in [3.05, 3.63) is 16.1 Å². The van der Waals surface area contributed by atoms with E-state index in [4.69, 9.17) is 5.73 Å². The van der Waals surface area contributed by atoms with Gasteiger partial charge in [0.15, 0.2) is 0 Å². The van der Waals surface area contributed by atoms with Gasteiger partial charge in [-0.3, -0.25) is 0 Å². The number of anilines is 1. The fraction of sp³-hybridized carbons (Fsp3) is 0.600. The van der Waals surface area contributed by atoms with Crippen LogP contribution >= 0.6 is 22.6 Å². The Bertz CT molecular complexity index is 323. The first-order chi connectivity index (χ1) is 7.31. The molecule has 0 atom stereocenters. The highest BCUT2D eigenvalue weighted by Gasteiger charge is 2.20. The standard InChI is InChI=1S/C10H15IN4/c11-9-6-13-7-14-10(9)15-3-1-8(5-12)2-4-15/h6-8H,1-5,12H2. The van der Waals surface area contributed by atoms with E-state index in [0.29, 0.717) is 5.92 Å². The highest BCUT2D eigenvalue weighted by molar-refractivity contribution is 14.1. The minimum absolute atomic E-state index is 0.695. The zero-order valence-corrected chi connectivity index (χ0v) is 10.7. The molecule has 2 N–H and O–H groups in total. The first-order valence-corrected chi connectivity index (χ1v) is 6.29. The molecule has 1 fully saturated rings. The lowest BCUT2D eigenvalue weighted by Gasteiger charge is -2.32. The molecule has 5 heteroatoms. The van der Waals surface area contributed by atoms with Crippen LogP contribution in [0.15, 0.2) is 12.5 Å². The molecule has 0 bridgehead atoms. The van der Waals surface area contributed by atoms with Crippen molar-refractivity contribution >= 4 is 28.4 Å². The van der Waals surface area contributed by atoms with E-state index < -0.39 is 0 Å². The van der Waals surface area contributed by atoms with Gasteiger partial charge in [0.1, 0.15) is 12.1 Å². The summed E-state index contributed by atoms with van der Waals surface area (Å²) < 4.78 is 1.13. The average Bonchev–Trinajstić information content (AvgIpc) is 2.30. The second-order valence-electron chi connectivity index (χ2n) is 3.86. The lowest BCUT2D eigenvalue weighted by atomic mass is 9.97. The SMILES string of the molecule is NCC1CCN(c2ncncc2I)CC1. The second-order valence-corrected chi connectivity index (χ2v) is 5.02. The summed E-state index contributed by atoms with van der Waals surface area (Å²) in [5.74, 6) is 1.77. The average molecular weight is 318 g/mol. The molecule has 2 rings (SSSR count). The monoisotopic (exact) mass is 318 g/mol. The third-order valence-electron chi connectivity index (χ3n) is 2.90. The normalized spacial score (nSPS) is 18.1. The summed E-state index contributed by atoms with van der Waals surface area (Å²) in [4.78, 5) is 10.7. The highest BCUT2D eigenvalue weighted by Crippen LogP contribution is 2.24. The molecule has 1 aromatic heterocycles. The van der Waals surface area contributed by atoms with Crippen molar-refractivity contribution < 1.29 is 0 Å². The molecule has 82 valence electrons. The van der Waals surface area contributed by atoms with Crippen LogP contribution in [-0.2, 0) is 0 Å². The smallest absolute Gasteiger partial charge is 0.145 e. The Balaban J connectivity index is 2.04. The first kappa shape index (κ1) is 11.1. The molecule has 0 aromatic carbocycles. The van der Waals surface area contributed by atoms with Gasteiger partial charge < -0.3 is 10.6 Å². The van der Waals surface area contributed by atoms with Gasteiger partial charge in [0.05, 0.1) is 3.57 Å². The number of hydrogen-bond acceptors (Lipinski definition) is 4. The van der Waals surface area contributed by atoms with Crippen LogP contribution < -0.4 is 10.6 Å². The molecule has 0 spiro atoms. The van der Waals surface area contributed by atoms with Gasteiger partial charge in [-0.2, -0.15) is 0 Å². The topological polar surface area (TPSA) is 55.0 Å². The highest BCUT2D eigenvalue weighted by atomic mass is 127. The number of halogens is 1. The number of rotatable bonds is 2. The lowest BCUT2D eigenvalue weighted by molar-refractivity contribution is 0.412. The molecule has 1 saturated heterocycles. The van der Waals surface area contributed by atoms with Crippen LogP contribution in [0.25, 0.3) is 0 Å². The van der Waals surface area contributed by atoms with Crippen molar-refractivity contribution in [2.24, 2.45) is 11.7 Å². The Morgan fingerprint density at radius 1 is 1.47 bits per heavy atom. The van der Waals surface area contributed by atoms with Crippen molar-refractivity contribution in [1.29, 1.82) is 0 Å². The van der Waals surface area contributed by atoms with Crippen LogP contribution in [0.2, 0.25) is 0 Å². The van der Waals surface area contributed by atoms with Gasteiger partial charge in [-0.1, -0.05) is 0 Å². The zero-order valence-electron chi connectivity index (χ0n) is 8.56. The summed E-state index contributed by atoms with van der Waals surface area (Å²) in [5, 5.41) is 0. The van der Waals surface area contributed by atoms with Crippen LogP contribution in [0.4, 0.5) is 5.82 Å². The van der Waals surface area contributed by atoms with E-state index in [-0.39, 0.29) is 0 Å². The molecule has 1 aromatic rings. The third-order valence-corrected chi connectivity index (χ3v) is 3.66. The molecule has 4 nitrogen and oxygen atoms in total. The van der Waals surface area contributed by atoms with Gasteiger partial charge in [0.25, 0.3) is 0 Å². The maximum Gasteiger partial charge on any atom is 0.145 e. The van der Waals surface area contributed by atoms with Gasteiger partial charge in [0, 0.05) is 19.3 Å². The Morgan fingerprint density at radius 3 is 2.80 bits per heavy atom. The van der Waals surface area contributed by atoms with E-state index in [1.165, 1.54) is 12.8 Å². The molecule has 2 heterocycles. The number of piperidine rings is 1. The number of nitrogens with zero attached hydrogens (tertiary/aromatic N) is 3. The molecular weight excluding hydrogens is 303 g/mol. The van der Waals surface area contributed by atoms with E-state index in [2.05, 4.69) is 37.5 Å². The molecule has 0 radical (unpaired) electrons. The van der Waals surface area contributed by atoms with Crippen LogP contribution in [-0.4, -0.2) is 29.6 Å². The van der Waals surface area contributed by atoms with E-state index in [9.17, 15) is 0 Å². The summed E-state index contributed by atoms with van der Waals surface area (Å²) in [5.41, 5.74) is 5.67. The Morgan fingerprint density at radius 2 is 2.20 bits per heavy atom. The summed E-state index contributed by atoms with van der Waals surface area (Å²) >= 11 is 2.29. The predicted molar refractivity (Wildman–Crippen MR) is 68.7 cm³/mol. The fourth-order valence-corrected chi connectivity index (χ4v) is 2.56. The van der Waals surface area contributed by atoms with Crippen molar-refractivity contribution in [3.63, 3.8) is 0 Å². The third kappa shape index (κ3) is 2.57. The van der Waals surface area contributed by atoms with Gasteiger partial charge >= 0.3 is 0 Å². The fourth-order valence-electron chi connectivity index (χ4n) is 1.92. The van der Waals surface area contributed by atoms with Gasteiger partial charge in [0.2, 0.25) is 0 Å². The number of aromatic nitrogens is 2. The second kappa shape index (κ2) is 5.07. The summed E-state index contributed by atoms with van der Waals surface area (Å²) in [7, 11) is 0. The Labute approximate surface area is 103 Å². The minimum Gasteiger partial charge on any atom is -0.356 e. The maximum atomic E-state index is 5.67. The van der Waals surface area contributed by atoms with Crippen molar-refractivity contribution in [3.8, 4) is 0 Å². The molecule has 0 saturated carbocycles. The van der Waals surface area contributed by atoms with E-state index in [1.807, 2.05) is 6.20 Å². The molecule has 0 unspecified atom stereocenters. The van der Waals surface area contributed by atoms with Gasteiger partial charge in [-0.15, -0.1) is 0 Å². The van der Waals surface area contributed by atoms with Gasteiger partial charge in [-0.05, 0) is 47.9 Å². The minimum atomic E-state index is 0.695.